The minimum atomic E-state index is -0.333. The monoisotopic (exact) mass is 441 g/mol. The van der Waals surface area contributed by atoms with Gasteiger partial charge in [0.05, 0.1) is 11.9 Å². The Morgan fingerprint density at radius 2 is 1.94 bits per heavy atom. The molecule has 0 saturated heterocycles. The number of carbonyl (C=O) groups is 2. The minimum Gasteiger partial charge on any atom is -0.438 e. The summed E-state index contributed by atoms with van der Waals surface area (Å²) < 4.78 is 8.90. The molecule has 2 radical (unpaired) electrons. The van der Waals surface area contributed by atoms with E-state index in [-0.39, 0.29) is 17.7 Å². The van der Waals surface area contributed by atoms with Gasteiger partial charge in [0.2, 0.25) is 11.8 Å². The fourth-order valence-electron chi connectivity index (χ4n) is 3.39. The van der Waals surface area contributed by atoms with E-state index in [1.54, 1.807) is 49.6 Å². The Morgan fingerprint density at radius 3 is 2.67 bits per heavy atom. The lowest BCUT2D eigenvalue weighted by molar-refractivity contribution is -0.117. The summed E-state index contributed by atoms with van der Waals surface area (Å²) in [6.45, 7) is 1.81. The van der Waals surface area contributed by atoms with Crippen LogP contribution in [0.25, 0.3) is 5.65 Å². The fourth-order valence-corrected chi connectivity index (χ4v) is 3.39. The lowest BCUT2D eigenvalue weighted by Gasteiger charge is -2.11. The predicted molar refractivity (Wildman–Crippen MR) is 122 cm³/mol. The quantitative estimate of drug-likeness (QED) is 0.442. The maximum atomic E-state index is 12.6. The fraction of sp³-hybridized carbons (Fsp3) is 0.227. The van der Waals surface area contributed by atoms with Crippen LogP contribution in [-0.2, 0) is 11.8 Å². The van der Waals surface area contributed by atoms with Crippen molar-refractivity contribution in [2.75, 3.05) is 10.6 Å². The zero-order valence-corrected chi connectivity index (χ0v) is 18.1. The highest BCUT2D eigenvalue weighted by Crippen LogP contribution is 2.30. The molecule has 1 saturated carbocycles. The molecule has 10 nitrogen and oxygen atoms in total. The third-order valence-electron chi connectivity index (χ3n) is 5.22. The van der Waals surface area contributed by atoms with Gasteiger partial charge in [0.15, 0.2) is 11.5 Å². The minimum absolute atomic E-state index is 0.0207. The second kappa shape index (κ2) is 8.08. The number of ether oxygens (including phenoxy) is 1. The van der Waals surface area contributed by atoms with E-state index < -0.39 is 0 Å². The molecule has 1 aromatic carbocycles. The Labute approximate surface area is 190 Å². The summed E-state index contributed by atoms with van der Waals surface area (Å²) in [4.78, 5) is 28.9. The number of rotatable bonds is 6. The van der Waals surface area contributed by atoms with Gasteiger partial charge in [0, 0.05) is 30.8 Å². The van der Waals surface area contributed by atoms with Crippen molar-refractivity contribution in [2.45, 2.75) is 19.8 Å². The van der Waals surface area contributed by atoms with Crippen molar-refractivity contribution in [1.29, 1.82) is 0 Å². The third-order valence-corrected chi connectivity index (χ3v) is 5.22. The highest BCUT2D eigenvalue weighted by Gasteiger charge is 2.30. The van der Waals surface area contributed by atoms with Gasteiger partial charge in [-0.15, -0.1) is 5.10 Å². The zero-order chi connectivity index (χ0) is 23.1. The van der Waals surface area contributed by atoms with Crippen molar-refractivity contribution in [3.63, 3.8) is 0 Å². The first-order chi connectivity index (χ1) is 15.9. The van der Waals surface area contributed by atoms with Crippen LogP contribution in [-0.4, -0.2) is 44.0 Å². The highest BCUT2D eigenvalue weighted by atomic mass is 16.5. The Hall–Kier alpha value is -4.15. The van der Waals surface area contributed by atoms with Gasteiger partial charge >= 0.3 is 0 Å². The van der Waals surface area contributed by atoms with Crippen LogP contribution in [0.15, 0.2) is 42.6 Å². The van der Waals surface area contributed by atoms with E-state index in [4.69, 9.17) is 12.6 Å². The number of nitrogens with one attached hydrogen (secondary N) is 2. The number of aryl methyl sites for hydroxylation is 2. The summed E-state index contributed by atoms with van der Waals surface area (Å²) in [5, 5.41) is 14.2. The molecule has 1 aliphatic carbocycles. The molecule has 2 N–H and O–H groups in total. The smallest absolute Gasteiger partial charge is 0.273 e. The molecule has 0 unspecified atom stereocenters. The lowest BCUT2D eigenvalue weighted by Crippen LogP contribution is -2.21. The third kappa shape index (κ3) is 4.43. The molecule has 0 atom stereocenters. The van der Waals surface area contributed by atoms with Gasteiger partial charge in [-0.25, -0.2) is 9.50 Å². The molecule has 11 heteroatoms. The van der Waals surface area contributed by atoms with Gasteiger partial charge in [0.1, 0.15) is 19.3 Å². The Balaban J connectivity index is 1.32. The van der Waals surface area contributed by atoms with Crippen LogP contribution in [0.2, 0.25) is 0 Å². The molecular formula is C22H20BN7O3. The average molecular weight is 441 g/mol. The van der Waals surface area contributed by atoms with Gasteiger partial charge in [-0.2, -0.15) is 5.10 Å². The first kappa shape index (κ1) is 20.7. The molecule has 1 aliphatic rings. The molecule has 0 aliphatic heterocycles. The molecule has 33 heavy (non-hydrogen) atoms. The van der Waals surface area contributed by atoms with Gasteiger partial charge < -0.3 is 15.4 Å². The molecule has 0 bridgehead atoms. The predicted octanol–water partition coefficient (Wildman–Crippen LogP) is 1.96. The summed E-state index contributed by atoms with van der Waals surface area (Å²) in [5.41, 5.74) is 2.53. The normalized spacial score (nSPS) is 13.2. The highest BCUT2D eigenvalue weighted by molar-refractivity contribution is 6.36. The number of hydrogen-bond donors (Lipinski definition) is 2. The maximum Gasteiger partial charge on any atom is 0.273 e. The van der Waals surface area contributed by atoms with Crippen LogP contribution in [0, 0.1) is 12.8 Å². The molecule has 2 amide bonds. The second-order valence-corrected chi connectivity index (χ2v) is 7.96. The van der Waals surface area contributed by atoms with Crippen molar-refractivity contribution >= 4 is 42.3 Å². The largest absolute Gasteiger partial charge is 0.438 e. The standard InChI is InChI=1S/C22H20BN7O3/c1-12-9-17(29(2)27-12)22(32)24-16-10-14(5-6-15(16)23)33-20-8-7-19-25-18(11-30(19)28-20)26-21(31)13-3-4-13/h5-11,13H,3-4H2,1-2H3,(H,24,32)(H,26,31). The molecule has 4 aromatic rings. The molecule has 3 aromatic heterocycles. The van der Waals surface area contributed by atoms with Crippen LogP contribution in [0.4, 0.5) is 11.5 Å². The van der Waals surface area contributed by atoms with E-state index in [1.165, 1.54) is 9.20 Å². The SMILES string of the molecule is [B]c1ccc(Oc2ccc3nc(NC(=O)C4CC4)cn3n2)cc1NC(=O)c1cc(C)nn1C. The van der Waals surface area contributed by atoms with E-state index in [2.05, 4.69) is 25.8 Å². The number of amides is 2. The lowest BCUT2D eigenvalue weighted by atomic mass is 9.94. The van der Waals surface area contributed by atoms with Crippen molar-refractivity contribution in [3.8, 4) is 11.6 Å². The van der Waals surface area contributed by atoms with Gasteiger partial charge in [-0.3, -0.25) is 14.3 Å². The number of fused-ring (bicyclic) bond motifs is 1. The van der Waals surface area contributed by atoms with Crippen LogP contribution < -0.4 is 20.8 Å². The summed E-state index contributed by atoms with van der Waals surface area (Å²) >= 11 is 0. The van der Waals surface area contributed by atoms with Gasteiger partial charge in [-0.1, -0.05) is 11.5 Å². The van der Waals surface area contributed by atoms with Crippen molar-refractivity contribution in [2.24, 2.45) is 13.0 Å². The average Bonchev–Trinajstić information content (AvgIpc) is 3.46. The molecule has 1 fully saturated rings. The van der Waals surface area contributed by atoms with Crippen LogP contribution in [0.1, 0.15) is 29.0 Å². The Bertz CT molecular complexity index is 1390. The van der Waals surface area contributed by atoms with Crippen LogP contribution in [0.5, 0.6) is 11.6 Å². The number of hydrogen-bond acceptors (Lipinski definition) is 6. The number of imidazole rings is 1. The van der Waals surface area contributed by atoms with Crippen LogP contribution >= 0.6 is 0 Å². The topological polar surface area (TPSA) is 115 Å². The molecule has 3 heterocycles. The van der Waals surface area contributed by atoms with E-state index in [9.17, 15) is 9.59 Å². The van der Waals surface area contributed by atoms with E-state index >= 15 is 0 Å². The van der Waals surface area contributed by atoms with Crippen molar-refractivity contribution in [1.82, 2.24) is 24.4 Å². The summed E-state index contributed by atoms with van der Waals surface area (Å²) in [7, 11) is 7.74. The van der Waals surface area contributed by atoms with Crippen LogP contribution in [0.3, 0.4) is 0 Å². The number of aromatic nitrogens is 5. The first-order valence-electron chi connectivity index (χ1n) is 10.4. The van der Waals surface area contributed by atoms with Gasteiger partial charge in [0.25, 0.3) is 5.91 Å². The molecule has 164 valence electrons. The second-order valence-electron chi connectivity index (χ2n) is 7.96. The molecule has 0 spiro atoms. The number of carbonyl (C=O) groups excluding carboxylic acids is 2. The first-order valence-corrected chi connectivity index (χ1v) is 10.4. The number of anilines is 2. The number of nitrogens with zero attached hydrogens (tertiary/aromatic N) is 5. The van der Waals surface area contributed by atoms with Crippen molar-refractivity contribution < 1.29 is 14.3 Å². The number of benzene rings is 1. The zero-order valence-electron chi connectivity index (χ0n) is 18.1. The summed E-state index contributed by atoms with van der Waals surface area (Å²) in [6.07, 6.45) is 3.47. The molecular weight excluding hydrogens is 421 g/mol. The molecule has 5 rings (SSSR count). The summed E-state index contributed by atoms with van der Waals surface area (Å²) in [6, 6.07) is 10.0. The summed E-state index contributed by atoms with van der Waals surface area (Å²) in [5.74, 6) is 0.927. The van der Waals surface area contributed by atoms with E-state index in [1.807, 2.05) is 6.92 Å². The van der Waals surface area contributed by atoms with Gasteiger partial charge in [-0.05, 0) is 38.0 Å². The Kier molecular flexibility index (Phi) is 5.08. The van der Waals surface area contributed by atoms with E-state index in [0.29, 0.717) is 39.9 Å². The van der Waals surface area contributed by atoms with E-state index in [0.717, 1.165) is 18.5 Å². The maximum absolute atomic E-state index is 12.6. The Morgan fingerprint density at radius 1 is 1.12 bits per heavy atom. The van der Waals surface area contributed by atoms with Crippen molar-refractivity contribution in [3.05, 3.63) is 54.0 Å².